The Kier molecular flexibility index (Phi) is 4.31. The van der Waals surface area contributed by atoms with Gasteiger partial charge in [0.25, 0.3) is 0 Å². The van der Waals surface area contributed by atoms with Gasteiger partial charge >= 0.3 is 0 Å². The van der Waals surface area contributed by atoms with Gasteiger partial charge < -0.3 is 0 Å². The van der Waals surface area contributed by atoms with Crippen LogP contribution in [0.1, 0.15) is 27.6 Å². The van der Waals surface area contributed by atoms with Crippen molar-refractivity contribution in [3.63, 3.8) is 0 Å². The molecule has 0 aliphatic heterocycles. The molecular weight excluding hydrogens is 308 g/mol. The second-order valence-electron chi connectivity index (χ2n) is 4.60. The summed E-state index contributed by atoms with van der Waals surface area (Å²) in [6, 6.07) is 4.59. The molecule has 2 aromatic rings. The van der Waals surface area contributed by atoms with Gasteiger partial charge in [-0.25, -0.2) is 13.2 Å². The molecule has 0 radical (unpaired) electrons. The van der Waals surface area contributed by atoms with E-state index in [0.717, 1.165) is 5.56 Å². The third-order valence-electron chi connectivity index (χ3n) is 3.12. The monoisotopic (exact) mass is 318 g/mol. The molecule has 2 rings (SSSR count). The van der Waals surface area contributed by atoms with Gasteiger partial charge in [0.1, 0.15) is 17.5 Å². The highest BCUT2D eigenvalue weighted by Gasteiger charge is 2.23. The lowest BCUT2D eigenvalue weighted by atomic mass is 9.97. The van der Waals surface area contributed by atoms with Crippen molar-refractivity contribution in [3.8, 4) is 0 Å². The van der Waals surface area contributed by atoms with Crippen molar-refractivity contribution in [2.45, 2.75) is 19.2 Å². The number of halogens is 5. The first kappa shape index (κ1) is 15.2. The van der Waals surface area contributed by atoms with Crippen molar-refractivity contribution in [3.05, 3.63) is 69.0 Å². The lowest BCUT2D eigenvalue weighted by Crippen LogP contribution is -2.04. The highest BCUT2D eigenvalue weighted by atomic mass is 35.5. The zero-order valence-electron chi connectivity index (χ0n) is 10.8. The first-order valence-corrected chi connectivity index (χ1v) is 6.68. The van der Waals surface area contributed by atoms with Crippen LogP contribution in [0.3, 0.4) is 0 Å². The van der Waals surface area contributed by atoms with Gasteiger partial charge in [-0.2, -0.15) is 0 Å². The van der Waals surface area contributed by atoms with E-state index < -0.39 is 22.8 Å². The highest BCUT2D eigenvalue weighted by Crippen LogP contribution is 2.36. The minimum Gasteiger partial charge on any atom is -0.207 e. The van der Waals surface area contributed by atoms with E-state index in [4.69, 9.17) is 23.2 Å². The van der Waals surface area contributed by atoms with Crippen LogP contribution in [-0.4, -0.2) is 0 Å². The van der Waals surface area contributed by atoms with Crippen molar-refractivity contribution < 1.29 is 13.2 Å². The number of alkyl halides is 1. The predicted molar refractivity (Wildman–Crippen MR) is 74.9 cm³/mol. The van der Waals surface area contributed by atoms with E-state index in [-0.39, 0.29) is 5.56 Å². The SMILES string of the molecule is Cc1cc(C(Cl)c2c(F)cc(F)cc2F)c(C)cc1Cl. The molecule has 0 spiro atoms. The zero-order valence-corrected chi connectivity index (χ0v) is 12.3. The summed E-state index contributed by atoms with van der Waals surface area (Å²) in [6.07, 6.45) is 0. The molecule has 0 aliphatic carbocycles. The molecule has 5 heteroatoms. The average molecular weight is 319 g/mol. The van der Waals surface area contributed by atoms with E-state index in [1.54, 1.807) is 26.0 Å². The topological polar surface area (TPSA) is 0 Å². The summed E-state index contributed by atoms with van der Waals surface area (Å²) < 4.78 is 40.5. The number of aryl methyl sites for hydroxylation is 2. The minimum atomic E-state index is -1.05. The van der Waals surface area contributed by atoms with Crippen molar-refractivity contribution in [1.29, 1.82) is 0 Å². The van der Waals surface area contributed by atoms with Crippen molar-refractivity contribution in [1.82, 2.24) is 0 Å². The summed E-state index contributed by atoms with van der Waals surface area (Å²) in [5.41, 5.74) is 1.64. The van der Waals surface area contributed by atoms with Gasteiger partial charge in [-0.05, 0) is 36.6 Å². The normalized spacial score (nSPS) is 12.6. The summed E-state index contributed by atoms with van der Waals surface area (Å²) in [7, 11) is 0. The van der Waals surface area contributed by atoms with Crippen LogP contribution in [0, 0.1) is 31.3 Å². The molecule has 0 amide bonds. The van der Waals surface area contributed by atoms with Crippen LogP contribution in [0.4, 0.5) is 13.2 Å². The Labute approximate surface area is 125 Å². The molecule has 0 aromatic heterocycles. The largest absolute Gasteiger partial charge is 0.207 e. The van der Waals surface area contributed by atoms with E-state index in [1.165, 1.54) is 0 Å². The third-order valence-corrected chi connectivity index (χ3v) is 3.98. The summed E-state index contributed by atoms with van der Waals surface area (Å²) in [5, 5.41) is -0.498. The second kappa shape index (κ2) is 5.66. The molecule has 1 atom stereocenters. The standard InChI is InChI=1S/C15H11Cl2F3/c1-7-4-11(16)8(2)3-10(7)15(17)14-12(19)5-9(18)6-13(14)20/h3-6,15H,1-2H3. The summed E-state index contributed by atoms with van der Waals surface area (Å²) in [6.45, 7) is 3.52. The van der Waals surface area contributed by atoms with Gasteiger partial charge in [-0.1, -0.05) is 17.7 Å². The Morgan fingerprint density at radius 3 is 2.00 bits per heavy atom. The summed E-state index contributed by atoms with van der Waals surface area (Å²) in [5.74, 6) is -2.99. The third kappa shape index (κ3) is 2.79. The first-order valence-electron chi connectivity index (χ1n) is 5.86. The van der Waals surface area contributed by atoms with Gasteiger partial charge in [0.2, 0.25) is 0 Å². The van der Waals surface area contributed by atoms with Crippen molar-refractivity contribution >= 4 is 23.2 Å². The van der Waals surface area contributed by atoms with Gasteiger partial charge in [0.05, 0.1) is 5.38 Å². The molecule has 0 heterocycles. The quantitative estimate of drug-likeness (QED) is 0.623. The van der Waals surface area contributed by atoms with Gasteiger partial charge in [0, 0.05) is 22.7 Å². The molecule has 20 heavy (non-hydrogen) atoms. The molecule has 0 saturated carbocycles. The minimum absolute atomic E-state index is 0.363. The van der Waals surface area contributed by atoms with Crippen LogP contribution in [0.25, 0.3) is 0 Å². The Balaban J connectivity index is 2.57. The fourth-order valence-corrected chi connectivity index (χ4v) is 2.69. The second-order valence-corrected chi connectivity index (χ2v) is 5.45. The molecule has 1 unspecified atom stereocenters. The molecule has 0 nitrogen and oxygen atoms in total. The molecular formula is C15H11Cl2F3. The molecule has 2 aromatic carbocycles. The Bertz CT molecular complexity index is 645. The maximum atomic E-state index is 13.8. The number of hydrogen-bond donors (Lipinski definition) is 0. The molecule has 0 N–H and O–H groups in total. The number of benzene rings is 2. The van der Waals surface area contributed by atoms with Crippen molar-refractivity contribution in [2.24, 2.45) is 0 Å². The van der Waals surface area contributed by atoms with E-state index >= 15 is 0 Å². The average Bonchev–Trinajstić information content (AvgIpc) is 2.32. The Morgan fingerprint density at radius 1 is 0.900 bits per heavy atom. The smallest absolute Gasteiger partial charge is 0.134 e. The zero-order chi connectivity index (χ0) is 15.0. The van der Waals surface area contributed by atoms with Crippen LogP contribution >= 0.6 is 23.2 Å². The van der Waals surface area contributed by atoms with E-state index in [1.807, 2.05) is 0 Å². The van der Waals surface area contributed by atoms with Gasteiger partial charge in [0.15, 0.2) is 0 Å². The summed E-state index contributed by atoms with van der Waals surface area (Å²) in [4.78, 5) is 0. The van der Waals surface area contributed by atoms with Crippen LogP contribution in [0.2, 0.25) is 5.02 Å². The molecule has 0 aliphatic rings. The lowest BCUT2D eigenvalue weighted by molar-refractivity contribution is 0.526. The van der Waals surface area contributed by atoms with Crippen LogP contribution in [-0.2, 0) is 0 Å². The van der Waals surface area contributed by atoms with Crippen LogP contribution in [0.15, 0.2) is 24.3 Å². The van der Waals surface area contributed by atoms with Gasteiger partial charge in [-0.3, -0.25) is 0 Å². The fourth-order valence-electron chi connectivity index (χ4n) is 2.03. The van der Waals surface area contributed by atoms with Crippen LogP contribution in [0.5, 0.6) is 0 Å². The van der Waals surface area contributed by atoms with E-state index in [9.17, 15) is 13.2 Å². The maximum absolute atomic E-state index is 13.8. The Morgan fingerprint density at radius 2 is 1.45 bits per heavy atom. The lowest BCUT2D eigenvalue weighted by Gasteiger charge is -2.16. The van der Waals surface area contributed by atoms with E-state index in [2.05, 4.69) is 0 Å². The molecule has 0 bridgehead atoms. The molecule has 0 fully saturated rings. The van der Waals surface area contributed by atoms with Gasteiger partial charge in [-0.15, -0.1) is 11.6 Å². The Hall–Kier alpha value is -1.19. The first-order chi connectivity index (χ1) is 9.31. The maximum Gasteiger partial charge on any atom is 0.134 e. The van der Waals surface area contributed by atoms with E-state index in [0.29, 0.717) is 28.3 Å². The number of hydrogen-bond acceptors (Lipinski definition) is 0. The summed E-state index contributed by atoms with van der Waals surface area (Å²) >= 11 is 12.2. The van der Waals surface area contributed by atoms with Crippen LogP contribution < -0.4 is 0 Å². The molecule has 106 valence electrons. The van der Waals surface area contributed by atoms with Crippen molar-refractivity contribution in [2.75, 3.05) is 0 Å². The predicted octanol–water partition coefficient (Wildman–Crippen LogP) is 5.70. The fraction of sp³-hybridized carbons (Fsp3) is 0.200. The highest BCUT2D eigenvalue weighted by molar-refractivity contribution is 6.31. The number of rotatable bonds is 2. The molecule has 0 saturated heterocycles.